The van der Waals surface area contributed by atoms with Crippen LogP contribution in [0.15, 0.2) is 42.5 Å². The smallest absolute Gasteiger partial charge is 0.289 e. The number of nitrogens with one attached hydrogen (secondary N) is 1. The highest BCUT2D eigenvalue weighted by molar-refractivity contribution is 6.07. The van der Waals surface area contributed by atoms with Gasteiger partial charge >= 0.3 is 0 Å². The molecule has 9 heteroatoms. The molecule has 1 amide bonds. The Labute approximate surface area is 129 Å². The molecule has 0 bridgehead atoms. The van der Waals surface area contributed by atoms with Gasteiger partial charge in [0.15, 0.2) is 0 Å². The third-order valence-electron chi connectivity index (χ3n) is 2.91. The van der Waals surface area contributed by atoms with Gasteiger partial charge in [-0.05, 0) is 30.3 Å². The molecule has 1 N–H and O–H groups in total. The van der Waals surface area contributed by atoms with Gasteiger partial charge in [0.1, 0.15) is 5.56 Å². The lowest BCUT2D eigenvalue weighted by molar-refractivity contribution is -0.394. The average Bonchev–Trinajstić information content (AvgIpc) is 2.54. The van der Waals surface area contributed by atoms with Gasteiger partial charge < -0.3 is 5.32 Å². The van der Waals surface area contributed by atoms with Crippen LogP contribution in [0.5, 0.6) is 0 Å². The Bertz CT molecular complexity index is 839. The van der Waals surface area contributed by atoms with Gasteiger partial charge in [-0.1, -0.05) is 0 Å². The van der Waals surface area contributed by atoms with Gasteiger partial charge in [-0.15, -0.1) is 0 Å². The number of non-ortho nitro benzene ring substituents is 1. The van der Waals surface area contributed by atoms with Gasteiger partial charge in [-0.2, -0.15) is 5.26 Å². The fraction of sp³-hybridized carbons (Fsp3) is 0. The minimum atomic E-state index is -0.860. The summed E-state index contributed by atoms with van der Waals surface area (Å²) in [5.41, 5.74) is -0.715. The van der Waals surface area contributed by atoms with Crippen LogP contribution in [-0.2, 0) is 0 Å². The van der Waals surface area contributed by atoms with E-state index in [9.17, 15) is 25.0 Å². The van der Waals surface area contributed by atoms with E-state index in [2.05, 4.69) is 5.32 Å². The number of amides is 1. The highest BCUT2D eigenvalue weighted by Gasteiger charge is 2.24. The topological polar surface area (TPSA) is 139 Å². The van der Waals surface area contributed by atoms with E-state index in [0.717, 1.165) is 18.2 Å². The van der Waals surface area contributed by atoms with Crippen molar-refractivity contribution < 1.29 is 14.6 Å². The van der Waals surface area contributed by atoms with Crippen molar-refractivity contribution in [2.75, 3.05) is 5.32 Å². The molecule has 2 rings (SSSR count). The maximum Gasteiger partial charge on any atom is 0.289 e. The van der Waals surface area contributed by atoms with Crippen LogP contribution in [0.25, 0.3) is 0 Å². The molecule has 2 aromatic rings. The van der Waals surface area contributed by atoms with E-state index in [1.807, 2.05) is 6.07 Å². The molecule has 0 spiro atoms. The molecule has 23 heavy (non-hydrogen) atoms. The fourth-order valence-electron chi connectivity index (χ4n) is 1.80. The number of carbonyl (C=O) groups excluding carboxylic acids is 1. The molecule has 0 saturated heterocycles. The molecule has 2 aromatic carbocycles. The zero-order valence-corrected chi connectivity index (χ0v) is 11.4. The predicted octanol–water partition coefficient (Wildman–Crippen LogP) is 2.63. The number of carbonyl (C=O) groups is 1. The number of anilines is 1. The molecule has 0 unspecified atom stereocenters. The van der Waals surface area contributed by atoms with Crippen molar-refractivity contribution >= 4 is 23.0 Å². The number of nitro groups is 2. The monoisotopic (exact) mass is 312 g/mol. The molecule has 0 aliphatic heterocycles. The van der Waals surface area contributed by atoms with E-state index >= 15 is 0 Å². The Balaban J connectivity index is 2.32. The highest BCUT2D eigenvalue weighted by atomic mass is 16.6. The van der Waals surface area contributed by atoms with Gasteiger partial charge in [0, 0.05) is 11.8 Å². The third kappa shape index (κ3) is 3.45. The Hall–Kier alpha value is -3.80. The summed E-state index contributed by atoms with van der Waals surface area (Å²) in [5.74, 6) is -0.781. The number of nitro benzene ring substituents is 2. The summed E-state index contributed by atoms with van der Waals surface area (Å²) < 4.78 is 0. The lowest BCUT2D eigenvalue weighted by atomic mass is 10.1. The van der Waals surface area contributed by atoms with Gasteiger partial charge in [-0.3, -0.25) is 25.0 Å². The molecule has 0 aromatic heterocycles. The summed E-state index contributed by atoms with van der Waals surface area (Å²) in [6.07, 6.45) is 0. The van der Waals surface area contributed by atoms with Crippen LogP contribution in [-0.4, -0.2) is 15.8 Å². The van der Waals surface area contributed by atoms with Crippen LogP contribution in [0.2, 0.25) is 0 Å². The molecule has 0 heterocycles. The third-order valence-corrected chi connectivity index (χ3v) is 2.91. The van der Waals surface area contributed by atoms with Crippen LogP contribution >= 0.6 is 0 Å². The molecule has 0 fully saturated rings. The number of rotatable bonds is 4. The standard InChI is InChI=1S/C14H8N4O5/c15-8-9-1-3-10(4-2-9)16-14(19)12-6-5-11(17(20)21)7-13(12)18(22)23/h1-7H,(H,16,19). The normalized spacial score (nSPS) is 9.70. The highest BCUT2D eigenvalue weighted by Crippen LogP contribution is 2.25. The predicted molar refractivity (Wildman–Crippen MR) is 78.9 cm³/mol. The van der Waals surface area contributed by atoms with Crippen LogP contribution < -0.4 is 5.32 Å². The zero-order valence-electron chi connectivity index (χ0n) is 11.4. The SMILES string of the molecule is N#Cc1ccc(NC(=O)c2ccc([N+](=O)[O-])cc2[N+](=O)[O-])cc1. The van der Waals surface area contributed by atoms with E-state index in [1.54, 1.807) is 0 Å². The molecule has 0 atom stereocenters. The first-order chi connectivity index (χ1) is 10.9. The Morgan fingerprint density at radius 3 is 2.22 bits per heavy atom. The van der Waals surface area contributed by atoms with E-state index in [-0.39, 0.29) is 5.56 Å². The van der Waals surface area contributed by atoms with Crippen molar-refractivity contribution in [2.45, 2.75) is 0 Å². The Morgan fingerprint density at radius 2 is 1.70 bits per heavy atom. The van der Waals surface area contributed by atoms with E-state index in [0.29, 0.717) is 11.3 Å². The first-order valence-electron chi connectivity index (χ1n) is 6.16. The molecule has 9 nitrogen and oxygen atoms in total. The number of hydrogen-bond acceptors (Lipinski definition) is 6. The van der Waals surface area contributed by atoms with Gasteiger partial charge in [0.05, 0.1) is 27.5 Å². The second-order valence-electron chi connectivity index (χ2n) is 4.36. The second-order valence-corrected chi connectivity index (χ2v) is 4.36. The molecule has 0 aliphatic rings. The summed E-state index contributed by atoms with van der Waals surface area (Å²) in [5, 5.41) is 32.8. The largest absolute Gasteiger partial charge is 0.322 e. The molecular formula is C14H8N4O5. The Kier molecular flexibility index (Phi) is 4.28. The van der Waals surface area contributed by atoms with Crippen molar-refractivity contribution in [1.29, 1.82) is 5.26 Å². The number of hydrogen-bond donors (Lipinski definition) is 1. The van der Waals surface area contributed by atoms with Gasteiger partial charge in [-0.25, -0.2) is 0 Å². The summed E-state index contributed by atoms with van der Waals surface area (Å²) in [6, 6.07) is 10.6. The number of nitrogens with zero attached hydrogens (tertiary/aromatic N) is 3. The van der Waals surface area contributed by atoms with Crippen molar-refractivity contribution in [3.63, 3.8) is 0 Å². The average molecular weight is 312 g/mol. The molecular weight excluding hydrogens is 304 g/mol. The Morgan fingerprint density at radius 1 is 1.04 bits per heavy atom. The summed E-state index contributed by atoms with van der Waals surface area (Å²) in [7, 11) is 0. The molecule has 0 radical (unpaired) electrons. The van der Waals surface area contributed by atoms with Gasteiger partial charge in [0.25, 0.3) is 17.3 Å². The molecule has 0 saturated carbocycles. The summed E-state index contributed by atoms with van der Waals surface area (Å²) in [4.78, 5) is 32.1. The molecule has 0 aliphatic carbocycles. The maximum atomic E-state index is 12.1. The van der Waals surface area contributed by atoms with E-state index < -0.39 is 27.1 Å². The lowest BCUT2D eigenvalue weighted by Crippen LogP contribution is -2.14. The summed E-state index contributed by atoms with van der Waals surface area (Å²) in [6.45, 7) is 0. The van der Waals surface area contributed by atoms with Crippen molar-refractivity contribution in [3.8, 4) is 6.07 Å². The van der Waals surface area contributed by atoms with E-state index in [4.69, 9.17) is 5.26 Å². The fourth-order valence-corrected chi connectivity index (χ4v) is 1.80. The number of nitriles is 1. The van der Waals surface area contributed by atoms with Gasteiger partial charge in [0.2, 0.25) is 0 Å². The van der Waals surface area contributed by atoms with E-state index in [1.165, 1.54) is 24.3 Å². The van der Waals surface area contributed by atoms with Crippen LogP contribution in [0.1, 0.15) is 15.9 Å². The minimum absolute atomic E-state index is 0.301. The first-order valence-corrected chi connectivity index (χ1v) is 6.16. The van der Waals surface area contributed by atoms with Crippen molar-refractivity contribution in [1.82, 2.24) is 0 Å². The maximum absolute atomic E-state index is 12.1. The van der Waals surface area contributed by atoms with Crippen molar-refractivity contribution in [3.05, 3.63) is 73.8 Å². The van der Waals surface area contributed by atoms with Crippen LogP contribution in [0.3, 0.4) is 0 Å². The second kappa shape index (κ2) is 6.31. The summed E-state index contributed by atoms with van der Waals surface area (Å²) >= 11 is 0. The van der Waals surface area contributed by atoms with Crippen molar-refractivity contribution in [2.24, 2.45) is 0 Å². The minimum Gasteiger partial charge on any atom is -0.322 e. The zero-order chi connectivity index (χ0) is 17.0. The first kappa shape index (κ1) is 15.6. The van der Waals surface area contributed by atoms with Crippen LogP contribution in [0, 0.1) is 31.6 Å². The molecule has 114 valence electrons. The van der Waals surface area contributed by atoms with Crippen LogP contribution in [0.4, 0.5) is 17.1 Å². The number of benzene rings is 2. The lowest BCUT2D eigenvalue weighted by Gasteiger charge is -2.06. The quantitative estimate of drug-likeness (QED) is 0.679.